The molecule has 0 aromatic carbocycles. The van der Waals surface area contributed by atoms with E-state index in [9.17, 15) is 9.90 Å². The zero-order valence-electron chi connectivity index (χ0n) is 10.5. The van der Waals surface area contributed by atoms with Crippen molar-refractivity contribution in [1.82, 2.24) is 15.0 Å². The van der Waals surface area contributed by atoms with E-state index in [4.69, 9.17) is 0 Å². The molecule has 5 heteroatoms. The largest absolute Gasteiger partial charge is 0.493 e. The summed E-state index contributed by atoms with van der Waals surface area (Å²) in [5, 5.41) is 10.0. The molecule has 0 unspecified atom stereocenters. The summed E-state index contributed by atoms with van der Waals surface area (Å²) in [6.07, 6.45) is 5.72. The second-order valence-corrected chi connectivity index (χ2v) is 4.85. The molecule has 0 bridgehead atoms. The summed E-state index contributed by atoms with van der Waals surface area (Å²) in [7, 11) is 0. The van der Waals surface area contributed by atoms with E-state index in [1.807, 2.05) is 6.07 Å². The van der Waals surface area contributed by atoms with Gasteiger partial charge in [0, 0.05) is 6.20 Å². The van der Waals surface area contributed by atoms with Crippen LogP contribution >= 0.6 is 0 Å². The van der Waals surface area contributed by atoms with Crippen LogP contribution in [0.15, 0.2) is 29.2 Å². The van der Waals surface area contributed by atoms with E-state index in [1.54, 1.807) is 18.3 Å². The molecular formula is C14H15N3O2. The molecule has 2 aromatic rings. The van der Waals surface area contributed by atoms with Gasteiger partial charge in [-0.1, -0.05) is 18.9 Å². The topological polar surface area (TPSA) is 78.9 Å². The first-order chi connectivity index (χ1) is 9.25. The SMILES string of the molecule is O=c1[nH]c(-c2ccccn2)nc(O)c1C1CCCC1. The second-order valence-electron chi connectivity index (χ2n) is 4.85. The number of aromatic nitrogens is 3. The van der Waals surface area contributed by atoms with Crippen LogP contribution in [0.2, 0.25) is 0 Å². The molecule has 2 N–H and O–H groups in total. The summed E-state index contributed by atoms with van der Waals surface area (Å²) >= 11 is 0. The maximum Gasteiger partial charge on any atom is 0.258 e. The normalized spacial score (nSPS) is 15.8. The Hall–Kier alpha value is -2.17. The molecule has 0 spiro atoms. The van der Waals surface area contributed by atoms with Gasteiger partial charge in [0.15, 0.2) is 5.82 Å². The Labute approximate surface area is 110 Å². The molecule has 2 heterocycles. The van der Waals surface area contributed by atoms with Crippen LogP contribution in [0.5, 0.6) is 5.88 Å². The number of pyridine rings is 1. The van der Waals surface area contributed by atoms with Crippen LogP contribution in [-0.2, 0) is 0 Å². The summed E-state index contributed by atoms with van der Waals surface area (Å²) < 4.78 is 0. The molecule has 98 valence electrons. The monoisotopic (exact) mass is 257 g/mol. The van der Waals surface area contributed by atoms with Gasteiger partial charge in [0.2, 0.25) is 5.88 Å². The minimum Gasteiger partial charge on any atom is -0.493 e. The fourth-order valence-corrected chi connectivity index (χ4v) is 2.68. The van der Waals surface area contributed by atoms with Gasteiger partial charge in [-0.15, -0.1) is 0 Å². The molecular weight excluding hydrogens is 242 g/mol. The molecule has 19 heavy (non-hydrogen) atoms. The van der Waals surface area contributed by atoms with Crippen molar-refractivity contribution in [2.24, 2.45) is 0 Å². The number of aromatic hydroxyl groups is 1. The molecule has 1 aliphatic carbocycles. The lowest BCUT2D eigenvalue weighted by molar-refractivity contribution is 0.436. The molecule has 1 saturated carbocycles. The zero-order valence-corrected chi connectivity index (χ0v) is 10.5. The van der Waals surface area contributed by atoms with Crippen LogP contribution in [0.1, 0.15) is 37.2 Å². The summed E-state index contributed by atoms with van der Waals surface area (Å²) in [6.45, 7) is 0. The smallest absolute Gasteiger partial charge is 0.258 e. The van der Waals surface area contributed by atoms with Crippen molar-refractivity contribution in [1.29, 1.82) is 0 Å². The van der Waals surface area contributed by atoms with E-state index in [2.05, 4.69) is 15.0 Å². The van der Waals surface area contributed by atoms with Gasteiger partial charge in [0.25, 0.3) is 5.56 Å². The van der Waals surface area contributed by atoms with Crippen molar-refractivity contribution < 1.29 is 5.11 Å². The number of hydrogen-bond donors (Lipinski definition) is 2. The molecule has 2 aromatic heterocycles. The lowest BCUT2D eigenvalue weighted by atomic mass is 10.00. The third-order valence-corrected chi connectivity index (χ3v) is 3.61. The highest BCUT2D eigenvalue weighted by Crippen LogP contribution is 2.35. The van der Waals surface area contributed by atoms with Crippen molar-refractivity contribution in [3.05, 3.63) is 40.3 Å². The Morgan fingerprint density at radius 3 is 2.68 bits per heavy atom. The van der Waals surface area contributed by atoms with Gasteiger partial charge in [-0.3, -0.25) is 9.78 Å². The fraction of sp³-hybridized carbons (Fsp3) is 0.357. The molecule has 0 saturated heterocycles. The quantitative estimate of drug-likeness (QED) is 0.864. The Balaban J connectivity index is 2.05. The number of nitrogens with zero attached hydrogens (tertiary/aromatic N) is 2. The van der Waals surface area contributed by atoms with Gasteiger partial charge in [-0.05, 0) is 30.9 Å². The first-order valence-corrected chi connectivity index (χ1v) is 6.50. The molecule has 1 fully saturated rings. The summed E-state index contributed by atoms with van der Waals surface area (Å²) in [5.41, 5.74) is 0.727. The van der Waals surface area contributed by atoms with Gasteiger partial charge >= 0.3 is 0 Å². The predicted molar refractivity (Wildman–Crippen MR) is 71.0 cm³/mol. The third-order valence-electron chi connectivity index (χ3n) is 3.61. The fourth-order valence-electron chi connectivity index (χ4n) is 2.68. The lowest BCUT2D eigenvalue weighted by Crippen LogP contribution is -2.17. The van der Waals surface area contributed by atoms with Crippen molar-refractivity contribution >= 4 is 0 Å². The van der Waals surface area contributed by atoms with E-state index in [1.165, 1.54) is 0 Å². The number of rotatable bonds is 2. The number of H-pyrrole nitrogens is 1. The molecule has 0 atom stereocenters. The van der Waals surface area contributed by atoms with Crippen LogP contribution in [0.25, 0.3) is 11.5 Å². The summed E-state index contributed by atoms with van der Waals surface area (Å²) in [6, 6.07) is 5.34. The summed E-state index contributed by atoms with van der Waals surface area (Å²) in [4.78, 5) is 23.1. The van der Waals surface area contributed by atoms with E-state index < -0.39 is 0 Å². The Bertz CT molecular complexity index is 631. The standard InChI is InChI=1S/C14H15N3O2/c18-13-11(9-5-1-2-6-9)14(19)17-12(16-13)10-7-3-4-8-15-10/h3-4,7-9H,1-2,5-6H2,(H2,16,17,18,19). The van der Waals surface area contributed by atoms with Gasteiger partial charge in [-0.25, -0.2) is 0 Å². The Kier molecular flexibility index (Phi) is 3.03. The highest BCUT2D eigenvalue weighted by Gasteiger charge is 2.24. The third kappa shape index (κ3) is 2.23. The molecule has 0 amide bonds. The first kappa shape index (κ1) is 11.9. The molecule has 0 radical (unpaired) electrons. The van der Waals surface area contributed by atoms with Crippen molar-refractivity contribution in [2.75, 3.05) is 0 Å². The van der Waals surface area contributed by atoms with Gasteiger partial charge in [0.1, 0.15) is 5.69 Å². The number of nitrogens with one attached hydrogen (secondary N) is 1. The predicted octanol–water partition coefficient (Wildman–Crippen LogP) is 2.20. The highest BCUT2D eigenvalue weighted by molar-refractivity contribution is 5.49. The molecule has 0 aliphatic heterocycles. The van der Waals surface area contributed by atoms with Gasteiger partial charge in [0.05, 0.1) is 5.56 Å². The first-order valence-electron chi connectivity index (χ1n) is 6.50. The second kappa shape index (κ2) is 4.84. The van der Waals surface area contributed by atoms with Crippen LogP contribution in [0.3, 0.4) is 0 Å². The number of aromatic amines is 1. The van der Waals surface area contributed by atoms with E-state index in [0.29, 0.717) is 17.1 Å². The average molecular weight is 257 g/mol. The Morgan fingerprint density at radius 1 is 1.26 bits per heavy atom. The highest BCUT2D eigenvalue weighted by atomic mass is 16.3. The summed E-state index contributed by atoms with van der Waals surface area (Å²) in [5.74, 6) is 0.287. The number of hydrogen-bond acceptors (Lipinski definition) is 4. The van der Waals surface area contributed by atoms with Crippen LogP contribution in [0, 0.1) is 0 Å². The van der Waals surface area contributed by atoms with E-state index >= 15 is 0 Å². The minimum atomic E-state index is -0.250. The van der Waals surface area contributed by atoms with Crippen molar-refractivity contribution in [2.45, 2.75) is 31.6 Å². The van der Waals surface area contributed by atoms with Crippen molar-refractivity contribution in [3.63, 3.8) is 0 Å². The van der Waals surface area contributed by atoms with Crippen molar-refractivity contribution in [3.8, 4) is 17.4 Å². The van der Waals surface area contributed by atoms with E-state index in [-0.39, 0.29) is 17.4 Å². The van der Waals surface area contributed by atoms with E-state index in [0.717, 1.165) is 25.7 Å². The zero-order chi connectivity index (χ0) is 13.2. The molecule has 3 rings (SSSR count). The lowest BCUT2D eigenvalue weighted by Gasteiger charge is -2.10. The van der Waals surface area contributed by atoms with Crippen LogP contribution in [0.4, 0.5) is 0 Å². The van der Waals surface area contributed by atoms with Crippen LogP contribution < -0.4 is 5.56 Å². The van der Waals surface area contributed by atoms with Gasteiger partial charge in [-0.2, -0.15) is 4.98 Å². The minimum absolute atomic E-state index is 0.133. The maximum atomic E-state index is 12.1. The Morgan fingerprint density at radius 2 is 2.05 bits per heavy atom. The molecule has 1 aliphatic rings. The maximum absolute atomic E-state index is 12.1. The van der Waals surface area contributed by atoms with Crippen LogP contribution in [-0.4, -0.2) is 20.1 Å². The molecule has 5 nitrogen and oxygen atoms in total. The van der Waals surface area contributed by atoms with Gasteiger partial charge < -0.3 is 10.1 Å². The average Bonchev–Trinajstić information content (AvgIpc) is 2.93.